The molecular weight excluding hydrogens is 502 g/mol. The van der Waals surface area contributed by atoms with Crippen molar-refractivity contribution in [3.63, 3.8) is 0 Å². The van der Waals surface area contributed by atoms with Crippen molar-refractivity contribution >= 4 is 27.5 Å². The van der Waals surface area contributed by atoms with Gasteiger partial charge in [0.05, 0.1) is 34.9 Å². The van der Waals surface area contributed by atoms with Crippen LogP contribution < -0.4 is 15.4 Å². The highest BCUT2D eigenvalue weighted by molar-refractivity contribution is 7.89. The molecule has 1 aliphatic heterocycles. The quantitative estimate of drug-likeness (QED) is 0.429. The molecule has 3 aromatic carbocycles. The van der Waals surface area contributed by atoms with Crippen LogP contribution in [0, 0.1) is 5.92 Å². The maximum Gasteiger partial charge on any atom is 0.259 e. The molecular formula is C29H33N3O5S. The summed E-state index contributed by atoms with van der Waals surface area (Å²) in [6.07, 6.45) is 1.59. The molecule has 1 heterocycles. The molecule has 3 aromatic rings. The summed E-state index contributed by atoms with van der Waals surface area (Å²) in [5.74, 6) is -0.220. The van der Waals surface area contributed by atoms with Crippen molar-refractivity contribution in [2.24, 2.45) is 5.92 Å². The summed E-state index contributed by atoms with van der Waals surface area (Å²) in [6.45, 7) is 4.89. The predicted molar refractivity (Wildman–Crippen MR) is 147 cm³/mol. The highest BCUT2D eigenvalue weighted by Crippen LogP contribution is 2.28. The van der Waals surface area contributed by atoms with Gasteiger partial charge in [-0.05, 0) is 61.6 Å². The number of hydrogen-bond acceptors (Lipinski definition) is 5. The molecule has 0 aliphatic carbocycles. The lowest BCUT2D eigenvalue weighted by atomic mass is 10.0. The van der Waals surface area contributed by atoms with E-state index in [1.54, 1.807) is 24.3 Å². The van der Waals surface area contributed by atoms with Crippen LogP contribution in [0.15, 0.2) is 77.7 Å². The summed E-state index contributed by atoms with van der Waals surface area (Å²) in [7, 11) is -2.35. The molecule has 1 aliphatic rings. The number of rotatable bonds is 8. The van der Waals surface area contributed by atoms with E-state index in [1.807, 2.05) is 37.3 Å². The van der Waals surface area contributed by atoms with Gasteiger partial charge in [-0.25, -0.2) is 8.42 Å². The van der Waals surface area contributed by atoms with Gasteiger partial charge < -0.3 is 15.4 Å². The fourth-order valence-corrected chi connectivity index (χ4v) is 5.97. The Balaban J connectivity index is 1.57. The number of nitrogens with one attached hydrogen (secondary N) is 2. The van der Waals surface area contributed by atoms with Crippen LogP contribution >= 0.6 is 0 Å². The second kappa shape index (κ2) is 11.8. The fraction of sp³-hybridized carbons (Fsp3) is 0.310. The number of amides is 2. The third-order valence-corrected chi connectivity index (χ3v) is 8.76. The van der Waals surface area contributed by atoms with Crippen molar-refractivity contribution in [2.45, 2.75) is 37.6 Å². The Kier molecular flexibility index (Phi) is 8.48. The fourth-order valence-electron chi connectivity index (χ4n) is 4.48. The van der Waals surface area contributed by atoms with E-state index < -0.39 is 15.9 Å². The van der Waals surface area contributed by atoms with Crippen molar-refractivity contribution < 1.29 is 22.7 Å². The molecule has 200 valence electrons. The topological polar surface area (TPSA) is 105 Å². The summed E-state index contributed by atoms with van der Waals surface area (Å²) in [5, 5.41) is 5.73. The summed E-state index contributed by atoms with van der Waals surface area (Å²) in [4.78, 5) is 26.5. The summed E-state index contributed by atoms with van der Waals surface area (Å²) in [6, 6.07) is 20.3. The lowest BCUT2D eigenvalue weighted by molar-refractivity contribution is 0.0940. The SMILES string of the molecule is COc1ccc(S(=O)(=O)N2CCC(C)CC2)cc1C(=O)Nc1ccccc1C(=O)N[C@H](C)c1ccccc1. The summed E-state index contributed by atoms with van der Waals surface area (Å²) >= 11 is 0. The highest BCUT2D eigenvalue weighted by atomic mass is 32.2. The van der Waals surface area contributed by atoms with Gasteiger partial charge in [0.25, 0.3) is 11.8 Å². The molecule has 1 saturated heterocycles. The lowest BCUT2D eigenvalue weighted by Crippen LogP contribution is -2.38. The van der Waals surface area contributed by atoms with Gasteiger partial charge in [-0.1, -0.05) is 49.4 Å². The Morgan fingerprint density at radius 3 is 2.26 bits per heavy atom. The van der Waals surface area contributed by atoms with E-state index in [0.29, 0.717) is 24.7 Å². The van der Waals surface area contributed by atoms with Gasteiger partial charge in [0.1, 0.15) is 5.75 Å². The zero-order valence-corrected chi connectivity index (χ0v) is 22.6. The van der Waals surface area contributed by atoms with Gasteiger partial charge >= 0.3 is 0 Å². The molecule has 2 N–H and O–H groups in total. The minimum atomic E-state index is -3.77. The van der Waals surface area contributed by atoms with Gasteiger partial charge in [-0.15, -0.1) is 0 Å². The molecule has 0 saturated carbocycles. The Morgan fingerprint density at radius 1 is 0.921 bits per heavy atom. The first-order chi connectivity index (χ1) is 18.2. The van der Waals surface area contributed by atoms with E-state index >= 15 is 0 Å². The molecule has 4 rings (SSSR count). The number of benzene rings is 3. The van der Waals surface area contributed by atoms with Crippen molar-refractivity contribution in [3.8, 4) is 5.75 Å². The van der Waals surface area contributed by atoms with Crippen LogP contribution in [0.25, 0.3) is 0 Å². The van der Waals surface area contributed by atoms with Crippen LogP contribution in [0.2, 0.25) is 0 Å². The second-order valence-electron chi connectivity index (χ2n) is 9.55. The van der Waals surface area contributed by atoms with E-state index in [4.69, 9.17) is 4.74 Å². The van der Waals surface area contributed by atoms with Crippen LogP contribution in [-0.2, 0) is 10.0 Å². The summed E-state index contributed by atoms with van der Waals surface area (Å²) < 4.78 is 33.4. The number of methoxy groups -OCH3 is 1. The summed E-state index contributed by atoms with van der Waals surface area (Å²) in [5.41, 5.74) is 1.60. The van der Waals surface area contributed by atoms with E-state index in [2.05, 4.69) is 17.6 Å². The highest BCUT2D eigenvalue weighted by Gasteiger charge is 2.29. The zero-order valence-electron chi connectivity index (χ0n) is 21.8. The van der Waals surface area contributed by atoms with Gasteiger partial charge in [0.15, 0.2) is 0 Å². The number of para-hydroxylation sites is 1. The monoisotopic (exact) mass is 535 g/mol. The number of sulfonamides is 1. The normalized spacial score (nSPS) is 15.4. The standard InChI is InChI=1S/C29H33N3O5S/c1-20-15-17-32(18-16-20)38(35,36)23-13-14-27(37-3)25(19-23)29(34)31-26-12-8-7-11-24(26)28(33)30-21(2)22-9-5-4-6-10-22/h4-14,19-21H,15-18H2,1-3H3,(H,30,33)(H,31,34)/t21-/m1/s1. The maximum absolute atomic E-state index is 13.4. The largest absolute Gasteiger partial charge is 0.496 e. The number of nitrogens with zero attached hydrogens (tertiary/aromatic N) is 1. The van der Waals surface area contributed by atoms with Crippen LogP contribution in [0.4, 0.5) is 5.69 Å². The number of ether oxygens (including phenoxy) is 1. The number of carbonyl (C=O) groups excluding carboxylic acids is 2. The molecule has 9 heteroatoms. The van der Waals surface area contributed by atoms with Gasteiger partial charge in [0.2, 0.25) is 10.0 Å². The Morgan fingerprint density at radius 2 is 1.58 bits per heavy atom. The smallest absolute Gasteiger partial charge is 0.259 e. The molecule has 2 amide bonds. The van der Waals surface area contributed by atoms with Crippen LogP contribution in [0.3, 0.4) is 0 Å². The van der Waals surface area contributed by atoms with Crippen molar-refractivity contribution in [1.29, 1.82) is 0 Å². The van der Waals surface area contributed by atoms with Gasteiger partial charge in [-0.3, -0.25) is 9.59 Å². The van der Waals surface area contributed by atoms with E-state index in [0.717, 1.165) is 18.4 Å². The van der Waals surface area contributed by atoms with Crippen molar-refractivity contribution in [1.82, 2.24) is 9.62 Å². The molecule has 1 atom stereocenters. The second-order valence-corrected chi connectivity index (χ2v) is 11.5. The molecule has 0 radical (unpaired) electrons. The number of hydrogen-bond donors (Lipinski definition) is 2. The van der Waals surface area contributed by atoms with Gasteiger partial charge in [0, 0.05) is 13.1 Å². The number of carbonyl (C=O) groups is 2. The zero-order chi connectivity index (χ0) is 27.3. The molecule has 0 aromatic heterocycles. The number of piperidine rings is 1. The first kappa shape index (κ1) is 27.3. The van der Waals surface area contributed by atoms with Gasteiger partial charge in [-0.2, -0.15) is 4.31 Å². The predicted octanol–water partition coefficient (Wildman–Crippen LogP) is 4.86. The lowest BCUT2D eigenvalue weighted by Gasteiger charge is -2.29. The third kappa shape index (κ3) is 6.06. The minimum Gasteiger partial charge on any atom is -0.496 e. The molecule has 0 bridgehead atoms. The average molecular weight is 536 g/mol. The number of anilines is 1. The van der Waals surface area contributed by atoms with E-state index in [9.17, 15) is 18.0 Å². The van der Waals surface area contributed by atoms with Crippen molar-refractivity contribution in [3.05, 3.63) is 89.5 Å². The molecule has 0 spiro atoms. The molecule has 38 heavy (non-hydrogen) atoms. The van der Waals surface area contributed by atoms with Crippen molar-refractivity contribution in [2.75, 3.05) is 25.5 Å². The Bertz CT molecular complexity index is 1400. The third-order valence-electron chi connectivity index (χ3n) is 6.86. The van der Waals surface area contributed by atoms with Crippen LogP contribution in [0.5, 0.6) is 5.75 Å². The molecule has 8 nitrogen and oxygen atoms in total. The van der Waals surface area contributed by atoms with E-state index in [-0.39, 0.29) is 33.7 Å². The maximum atomic E-state index is 13.4. The molecule has 0 unspecified atom stereocenters. The first-order valence-corrected chi connectivity index (χ1v) is 14.1. The van der Waals surface area contributed by atoms with E-state index in [1.165, 1.54) is 29.6 Å². The first-order valence-electron chi connectivity index (χ1n) is 12.6. The Labute approximate surface area is 224 Å². The average Bonchev–Trinajstić information content (AvgIpc) is 2.93. The Hall–Kier alpha value is -3.69. The minimum absolute atomic E-state index is 0.0284. The molecule has 1 fully saturated rings. The van der Waals surface area contributed by atoms with Crippen LogP contribution in [0.1, 0.15) is 59.0 Å². The van der Waals surface area contributed by atoms with Crippen LogP contribution in [-0.4, -0.2) is 44.7 Å².